The first-order valence-corrected chi connectivity index (χ1v) is 10.8. The first kappa shape index (κ1) is 22.1. The molecule has 2 amide bonds. The average molecular weight is 443 g/mol. The molecule has 0 aliphatic heterocycles. The molecular formula is C26H26N4O3. The van der Waals surface area contributed by atoms with Crippen molar-refractivity contribution in [1.82, 2.24) is 14.9 Å². The number of carbonyl (C=O) groups is 2. The number of hydrogen-bond donors (Lipinski definition) is 2. The van der Waals surface area contributed by atoms with Crippen molar-refractivity contribution < 1.29 is 14.3 Å². The predicted molar refractivity (Wildman–Crippen MR) is 128 cm³/mol. The van der Waals surface area contributed by atoms with E-state index in [4.69, 9.17) is 4.74 Å². The molecule has 2 N–H and O–H groups in total. The van der Waals surface area contributed by atoms with Crippen LogP contribution in [0.25, 0.3) is 10.9 Å². The summed E-state index contributed by atoms with van der Waals surface area (Å²) in [5.41, 5.74) is 3.94. The van der Waals surface area contributed by atoms with Crippen molar-refractivity contribution in [3.8, 4) is 0 Å². The number of nitrogens with zero attached hydrogens (tertiary/aromatic N) is 2. The van der Waals surface area contributed by atoms with Crippen LogP contribution in [-0.4, -0.2) is 34.7 Å². The van der Waals surface area contributed by atoms with Gasteiger partial charge in [0.05, 0.1) is 17.9 Å². The average Bonchev–Trinajstić information content (AvgIpc) is 3.17. The lowest BCUT2D eigenvalue weighted by atomic mass is 9.92. The molecular weight excluding hydrogens is 416 g/mol. The van der Waals surface area contributed by atoms with Gasteiger partial charge in [0.15, 0.2) is 0 Å². The van der Waals surface area contributed by atoms with Gasteiger partial charge in [-0.1, -0.05) is 36.4 Å². The SMILES string of the molecule is CCOC(=O)c1ccccc1NC(=O)NC[C@@H](c1cccnc1)c1cn(C)c2ccccc12. The monoisotopic (exact) mass is 442 g/mol. The van der Waals surface area contributed by atoms with Crippen LogP contribution in [0.2, 0.25) is 0 Å². The number of rotatable bonds is 7. The third kappa shape index (κ3) is 4.87. The van der Waals surface area contributed by atoms with Gasteiger partial charge in [-0.2, -0.15) is 0 Å². The topological polar surface area (TPSA) is 85.2 Å². The standard InChI is InChI=1S/C26H26N4O3/c1-3-33-25(31)20-11-4-6-12-23(20)29-26(32)28-16-21(18-9-8-14-27-15-18)22-17-30(2)24-13-7-5-10-19(22)24/h4-15,17,21H,3,16H2,1-2H3,(H2,28,29,32)/t21-/m0/s1. The zero-order valence-corrected chi connectivity index (χ0v) is 18.6. The van der Waals surface area contributed by atoms with Crippen LogP contribution in [0, 0.1) is 0 Å². The molecule has 4 rings (SSSR count). The second-order valence-corrected chi connectivity index (χ2v) is 7.65. The van der Waals surface area contributed by atoms with Gasteiger partial charge in [0.25, 0.3) is 0 Å². The van der Waals surface area contributed by atoms with Crippen LogP contribution in [-0.2, 0) is 11.8 Å². The lowest BCUT2D eigenvalue weighted by Gasteiger charge is -2.18. The number of amides is 2. The Balaban J connectivity index is 1.57. The minimum absolute atomic E-state index is 0.101. The summed E-state index contributed by atoms with van der Waals surface area (Å²) >= 11 is 0. The Morgan fingerprint density at radius 2 is 1.85 bits per heavy atom. The number of nitrogens with one attached hydrogen (secondary N) is 2. The van der Waals surface area contributed by atoms with Gasteiger partial charge in [-0.15, -0.1) is 0 Å². The van der Waals surface area contributed by atoms with Gasteiger partial charge in [0.2, 0.25) is 0 Å². The van der Waals surface area contributed by atoms with Crippen molar-refractivity contribution in [3.63, 3.8) is 0 Å². The Labute approximate surface area is 192 Å². The lowest BCUT2D eigenvalue weighted by Crippen LogP contribution is -2.33. The van der Waals surface area contributed by atoms with Crippen LogP contribution in [0.5, 0.6) is 0 Å². The maximum Gasteiger partial charge on any atom is 0.340 e. The van der Waals surface area contributed by atoms with Crippen LogP contribution in [0.3, 0.4) is 0 Å². The van der Waals surface area contributed by atoms with Gasteiger partial charge >= 0.3 is 12.0 Å². The molecule has 0 bridgehead atoms. The minimum Gasteiger partial charge on any atom is -0.462 e. The van der Waals surface area contributed by atoms with E-state index in [-0.39, 0.29) is 12.5 Å². The number of ether oxygens (including phenoxy) is 1. The zero-order chi connectivity index (χ0) is 23.2. The molecule has 7 heteroatoms. The van der Waals surface area contributed by atoms with Crippen LogP contribution >= 0.6 is 0 Å². The number of aromatic nitrogens is 2. The first-order chi connectivity index (χ1) is 16.1. The van der Waals surface area contributed by atoms with E-state index in [2.05, 4.69) is 38.5 Å². The molecule has 4 aromatic rings. The fourth-order valence-corrected chi connectivity index (χ4v) is 3.98. The minimum atomic E-state index is -0.475. The number of hydrogen-bond acceptors (Lipinski definition) is 4. The van der Waals surface area contributed by atoms with Gasteiger partial charge < -0.3 is 19.9 Å². The molecule has 33 heavy (non-hydrogen) atoms. The highest BCUT2D eigenvalue weighted by Gasteiger charge is 2.21. The van der Waals surface area contributed by atoms with E-state index in [9.17, 15) is 9.59 Å². The highest BCUT2D eigenvalue weighted by atomic mass is 16.5. The number of carbonyl (C=O) groups excluding carboxylic acids is 2. The molecule has 0 saturated carbocycles. The molecule has 0 fully saturated rings. The molecule has 2 aromatic carbocycles. The highest BCUT2D eigenvalue weighted by molar-refractivity contribution is 6.00. The van der Waals surface area contributed by atoms with Gasteiger partial charge in [0, 0.05) is 49.0 Å². The summed E-state index contributed by atoms with van der Waals surface area (Å²) in [5, 5.41) is 6.87. The van der Waals surface area contributed by atoms with Gasteiger partial charge in [0.1, 0.15) is 0 Å². The Bertz CT molecular complexity index is 1270. The number of fused-ring (bicyclic) bond motifs is 1. The summed E-state index contributed by atoms with van der Waals surface area (Å²) in [6, 6.07) is 18.5. The number of para-hydroxylation sites is 2. The fourth-order valence-electron chi connectivity index (χ4n) is 3.98. The van der Waals surface area contributed by atoms with Crippen molar-refractivity contribution in [1.29, 1.82) is 0 Å². The molecule has 0 aliphatic carbocycles. The summed E-state index contributed by atoms with van der Waals surface area (Å²) in [7, 11) is 2.01. The van der Waals surface area contributed by atoms with E-state index in [1.807, 2.05) is 37.5 Å². The molecule has 0 aliphatic rings. The van der Waals surface area contributed by atoms with Crippen LogP contribution < -0.4 is 10.6 Å². The first-order valence-electron chi connectivity index (χ1n) is 10.8. The summed E-state index contributed by atoms with van der Waals surface area (Å²) in [6.07, 6.45) is 5.65. The fraction of sp³-hybridized carbons (Fsp3) is 0.192. The number of pyridine rings is 1. The zero-order valence-electron chi connectivity index (χ0n) is 18.6. The molecule has 2 aromatic heterocycles. The molecule has 1 atom stereocenters. The number of esters is 1. The highest BCUT2D eigenvalue weighted by Crippen LogP contribution is 2.31. The van der Waals surface area contributed by atoms with Crippen molar-refractivity contribution >= 4 is 28.6 Å². The molecule has 0 spiro atoms. The Morgan fingerprint density at radius 3 is 2.64 bits per heavy atom. The van der Waals surface area contributed by atoms with Crippen LogP contribution in [0.4, 0.5) is 10.5 Å². The number of benzene rings is 2. The summed E-state index contributed by atoms with van der Waals surface area (Å²) in [6.45, 7) is 2.36. The second-order valence-electron chi connectivity index (χ2n) is 7.65. The van der Waals surface area contributed by atoms with Crippen molar-refractivity contribution in [2.24, 2.45) is 7.05 Å². The predicted octanol–water partition coefficient (Wildman–Crippen LogP) is 4.70. The largest absolute Gasteiger partial charge is 0.462 e. The van der Waals surface area contributed by atoms with E-state index >= 15 is 0 Å². The molecule has 0 unspecified atom stereocenters. The number of aryl methyl sites for hydroxylation is 1. The summed E-state index contributed by atoms with van der Waals surface area (Å²) in [4.78, 5) is 29.3. The van der Waals surface area contributed by atoms with Crippen LogP contribution in [0.15, 0.2) is 79.3 Å². The van der Waals surface area contributed by atoms with Gasteiger partial charge in [-0.25, -0.2) is 9.59 Å². The van der Waals surface area contributed by atoms with Gasteiger partial charge in [-0.3, -0.25) is 4.98 Å². The molecule has 7 nitrogen and oxygen atoms in total. The molecule has 2 heterocycles. The van der Waals surface area contributed by atoms with Crippen molar-refractivity contribution in [2.75, 3.05) is 18.5 Å². The summed E-state index contributed by atoms with van der Waals surface area (Å²) in [5.74, 6) is -0.576. The third-order valence-electron chi connectivity index (χ3n) is 5.53. The van der Waals surface area contributed by atoms with E-state index in [0.717, 1.165) is 22.0 Å². The van der Waals surface area contributed by atoms with Gasteiger partial charge in [-0.05, 0) is 42.3 Å². The maximum absolute atomic E-state index is 12.8. The van der Waals surface area contributed by atoms with E-state index in [0.29, 0.717) is 17.8 Å². The second kappa shape index (κ2) is 9.99. The quantitative estimate of drug-likeness (QED) is 0.406. The third-order valence-corrected chi connectivity index (χ3v) is 5.53. The Morgan fingerprint density at radius 1 is 1.06 bits per heavy atom. The molecule has 168 valence electrons. The van der Waals surface area contributed by atoms with E-state index in [1.54, 1.807) is 37.4 Å². The Kier molecular flexibility index (Phi) is 6.69. The van der Waals surface area contributed by atoms with E-state index < -0.39 is 12.0 Å². The smallest absolute Gasteiger partial charge is 0.340 e. The van der Waals surface area contributed by atoms with Crippen molar-refractivity contribution in [3.05, 3.63) is 95.9 Å². The number of anilines is 1. The van der Waals surface area contributed by atoms with Crippen molar-refractivity contribution in [2.45, 2.75) is 12.8 Å². The maximum atomic E-state index is 12.8. The summed E-state index contributed by atoms with van der Waals surface area (Å²) < 4.78 is 7.17. The van der Waals surface area contributed by atoms with E-state index in [1.165, 1.54) is 0 Å². The number of urea groups is 1. The lowest BCUT2D eigenvalue weighted by molar-refractivity contribution is 0.0527. The Hall–Kier alpha value is -4.13. The normalized spacial score (nSPS) is 11.7. The molecule has 0 saturated heterocycles. The van der Waals surface area contributed by atoms with Crippen LogP contribution in [0.1, 0.15) is 34.3 Å². The molecule has 0 radical (unpaired) electrons.